The van der Waals surface area contributed by atoms with E-state index in [9.17, 15) is 52.8 Å². The van der Waals surface area contributed by atoms with E-state index in [-0.39, 0.29) is 23.6 Å². The van der Waals surface area contributed by atoms with Crippen molar-refractivity contribution < 1.29 is 52.8 Å². The number of nitrogens with one attached hydrogen (secondary N) is 2. The van der Waals surface area contributed by atoms with Gasteiger partial charge in [0.25, 0.3) is 17.7 Å². The Bertz CT molecular complexity index is 1250. The molecule has 5 aliphatic rings. The highest BCUT2D eigenvalue weighted by Crippen LogP contribution is 2.33. The van der Waals surface area contributed by atoms with Gasteiger partial charge in [-0.1, -0.05) is 77.0 Å². The van der Waals surface area contributed by atoms with Crippen molar-refractivity contribution in [3.8, 4) is 0 Å². The normalized spacial score (nSPS) is 22.4. The van der Waals surface area contributed by atoms with Crippen LogP contribution in [-0.2, 0) is 19.2 Å². The molecule has 58 heavy (non-hydrogen) atoms. The van der Waals surface area contributed by atoms with Crippen LogP contribution < -0.4 is 33.6 Å². The van der Waals surface area contributed by atoms with E-state index < -0.39 is 61.2 Å². The van der Waals surface area contributed by atoms with Crippen LogP contribution in [0.15, 0.2) is 0 Å². The summed E-state index contributed by atoms with van der Waals surface area (Å²) in [6.45, 7) is -0.0651. The fourth-order valence-corrected chi connectivity index (χ4v) is 6.91. The van der Waals surface area contributed by atoms with Gasteiger partial charge in [-0.05, 0) is 69.1 Å². The number of likely N-dealkylation sites (N-methyl/N-ethyl adjacent to an activating group) is 1. The van der Waals surface area contributed by atoms with Gasteiger partial charge in [-0.2, -0.15) is 13.2 Å². The molecule has 8 atom stereocenters. The van der Waals surface area contributed by atoms with Crippen molar-refractivity contribution in [1.29, 1.82) is 0 Å². The van der Waals surface area contributed by atoms with E-state index in [1.54, 1.807) is 19.4 Å². The predicted molar refractivity (Wildman–Crippen MR) is 213 cm³/mol. The van der Waals surface area contributed by atoms with Crippen LogP contribution in [0.5, 0.6) is 0 Å². The molecule has 0 aromatic heterocycles. The zero-order valence-corrected chi connectivity index (χ0v) is 34.8. The molecule has 0 spiro atoms. The first-order chi connectivity index (χ1) is 27.1. The third-order valence-corrected chi connectivity index (χ3v) is 12.0. The lowest BCUT2D eigenvalue weighted by molar-refractivity contribution is -0.144. The van der Waals surface area contributed by atoms with Gasteiger partial charge < -0.3 is 58.9 Å². The Morgan fingerprint density at radius 3 is 1.19 bits per heavy atom. The standard InChI is InChI=1S/C11H20N2O2.C10H17F3N2O2.C10H20N2O2.C9H17NO2/c12-9(6-7-2-1-3-7)10(14)11(15)13-8-4-5-8;11-10(12,13)5-15-9(17)8(16)7(14)4-6-2-1-3-6;1-12(2)10(14)9(13)8(11)6-7-4-3-5-7;1-6(11)9(12)8(10)5-7-3-2-4-7/h7-10,14H,1-6,12H2,(H,13,15);6-8,16H,1-5,14H2,(H,15,17);7-9,13H,3-6,11H2,1-2H3;7-9,12H,2-5,10H2,1H3. The van der Waals surface area contributed by atoms with Crippen LogP contribution in [0.2, 0.25) is 0 Å². The minimum Gasteiger partial charge on any atom is -0.384 e. The summed E-state index contributed by atoms with van der Waals surface area (Å²) in [5, 5.41) is 42.4. The van der Waals surface area contributed by atoms with E-state index in [1.165, 1.54) is 69.6 Å². The number of aliphatic hydroxyl groups excluding tert-OH is 4. The summed E-state index contributed by atoms with van der Waals surface area (Å²) in [5.74, 6) is 0.416. The number of nitrogens with two attached hydrogens (primary N) is 4. The average molecular weight is 838 g/mol. The summed E-state index contributed by atoms with van der Waals surface area (Å²) in [4.78, 5) is 46.2. The molecule has 0 heterocycles. The lowest BCUT2D eigenvalue weighted by Gasteiger charge is -2.30. The second kappa shape index (κ2) is 25.4. The molecular weight excluding hydrogens is 763 g/mol. The minimum absolute atomic E-state index is 0.221. The molecule has 0 radical (unpaired) electrons. The van der Waals surface area contributed by atoms with Crippen molar-refractivity contribution in [3.05, 3.63) is 0 Å². The Balaban J connectivity index is 0.000000269. The fraction of sp³-hybridized carbons (Fsp3) is 0.900. The van der Waals surface area contributed by atoms with Gasteiger partial charge in [0, 0.05) is 44.3 Å². The molecule has 0 saturated heterocycles. The number of hydrogen-bond acceptors (Lipinski definition) is 12. The van der Waals surface area contributed by atoms with Gasteiger partial charge in [-0.25, -0.2) is 0 Å². The third-order valence-electron chi connectivity index (χ3n) is 12.0. The van der Waals surface area contributed by atoms with Gasteiger partial charge >= 0.3 is 6.18 Å². The first kappa shape index (κ1) is 51.7. The van der Waals surface area contributed by atoms with E-state index in [0.29, 0.717) is 36.1 Å². The van der Waals surface area contributed by atoms with Crippen LogP contribution in [0, 0.1) is 23.7 Å². The van der Waals surface area contributed by atoms with Crippen molar-refractivity contribution >= 4 is 23.5 Å². The number of Topliss-reactive ketones (excluding diaryl/α,β-unsaturated/α-hetero) is 1. The molecule has 5 rings (SSSR count). The maximum absolute atomic E-state index is 11.8. The van der Waals surface area contributed by atoms with Gasteiger partial charge in [0.05, 0.1) is 0 Å². The van der Waals surface area contributed by atoms with Crippen LogP contribution in [0.3, 0.4) is 0 Å². The minimum atomic E-state index is -4.48. The summed E-state index contributed by atoms with van der Waals surface area (Å²) in [5.41, 5.74) is 22.8. The molecule has 0 aromatic carbocycles. The number of carbonyl (C=O) groups excluding carboxylic acids is 4. The average Bonchev–Trinajstić information content (AvgIpc) is 3.92. The SMILES string of the molecule is CC(=O)C(O)C(N)CC1CCC1.CN(C)C(=O)C(O)C(N)CC1CCC1.NC(CC1CCC1)C(O)C(=O)NC1CC1.NC(CC1CCC1)C(O)C(=O)NCC(F)(F)F. The Morgan fingerprint density at radius 2 is 0.914 bits per heavy atom. The molecule has 8 unspecified atom stereocenters. The van der Waals surface area contributed by atoms with Crippen LogP contribution in [0.25, 0.3) is 0 Å². The van der Waals surface area contributed by atoms with Crippen LogP contribution in [0.4, 0.5) is 13.2 Å². The highest BCUT2D eigenvalue weighted by molar-refractivity contribution is 5.82. The largest absolute Gasteiger partial charge is 0.405 e. The number of carbonyl (C=O) groups is 4. The molecule has 338 valence electrons. The summed E-state index contributed by atoms with van der Waals surface area (Å²) in [7, 11) is 3.25. The number of hydrogen-bond donors (Lipinski definition) is 10. The van der Waals surface area contributed by atoms with E-state index in [0.717, 1.165) is 51.4 Å². The van der Waals surface area contributed by atoms with Gasteiger partial charge in [-0.15, -0.1) is 0 Å². The fourth-order valence-electron chi connectivity index (χ4n) is 6.91. The molecule has 5 aliphatic carbocycles. The van der Waals surface area contributed by atoms with E-state index >= 15 is 0 Å². The van der Waals surface area contributed by atoms with Crippen molar-refractivity contribution in [2.24, 2.45) is 46.6 Å². The quantitative estimate of drug-likeness (QED) is 0.0930. The van der Waals surface area contributed by atoms with Gasteiger partial charge in [-0.3, -0.25) is 19.2 Å². The maximum atomic E-state index is 11.8. The summed E-state index contributed by atoms with van der Waals surface area (Å²) in [6.07, 6.45) is 9.92. The first-order valence-electron chi connectivity index (χ1n) is 21.2. The highest BCUT2D eigenvalue weighted by Gasteiger charge is 2.34. The van der Waals surface area contributed by atoms with Crippen molar-refractivity contribution in [1.82, 2.24) is 15.5 Å². The van der Waals surface area contributed by atoms with Gasteiger partial charge in [0.1, 0.15) is 31.0 Å². The van der Waals surface area contributed by atoms with Crippen LogP contribution in [0.1, 0.15) is 122 Å². The summed E-state index contributed by atoms with van der Waals surface area (Å²) >= 11 is 0. The first-order valence-corrected chi connectivity index (χ1v) is 21.2. The Kier molecular flexibility index (Phi) is 22.6. The molecule has 14 N–H and O–H groups in total. The molecule has 0 aromatic rings. The van der Waals surface area contributed by atoms with Crippen LogP contribution >= 0.6 is 0 Å². The molecule has 5 saturated carbocycles. The van der Waals surface area contributed by atoms with Gasteiger partial charge in [0.15, 0.2) is 5.78 Å². The van der Waals surface area contributed by atoms with Gasteiger partial charge in [0.2, 0.25) is 0 Å². The summed E-state index contributed by atoms with van der Waals surface area (Å²) < 4.78 is 35.5. The lowest BCUT2D eigenvalue weighted by Crippen LogP contribution is -2.49. The number of halogens is 3. The second-order valence-corrected chi connectivity index (χ2v) is 17.5. The van der Waals surface area contributed by atoms with E-state index in [2.05, 4.69) is 5.32 Å². The number of amides is 3. The second-order valence-electron chi connectivity index (χ2n) is 17.5. The molecule has 5 fully saturated rings. The Labute approximate surface area is 341 Å². The van der Waals surface area contributed by atoms with Crippen molar-refractivity contribution in [3.63, 3.8) is 0 Å². The molecular formula is C40H74F3N7O8. The van der Waals surface area contributed by atoms with E-state index in [4.69, 9.17) is 22.9 Å². The number of aliphatic hydroxyl groups is 4. The predicted octanol–water partition coefficient (Wildman–Crippen LogP) is 1.09. The molecule has 0 bridgehead atoms. The number of alkyl halides is 3. The zero-order chi connectivity index (χ0) is 43.7. The number of nitrogens with zero attached hydrogens (tertiary/aromatic N) is 1. The van der Waals surface area contributed by atoms with Crippen LogP contribution in [-0.4, -0.2) is 130 Å². The monoisotopic (exact) mass is 838 g/mol. The third kappa shape index (κ3) is 19.7. The van der Waals surface area contributed by atoms with Crippen molar-refractivity contribution in [2.45, 2.75) is 183 Å². The number of rotatable bonds is 18. The zero-order valence-electron chi connectivity index (χ0n) is 34.8. The lowest BCUT2D eigenvalue weighted by atomic mass is 9.80. The number of ketones is 1. The molecule has 18 heteroatoms. The van der Waals surface area contributed by atoms with E-state index in [1.807, 2.05) is 0 Å². The molecule has 0 aliphatic heterocycles. The maximum Gasteiger partial charge on any atom is 0.405 e. The molecule has 15 nitrogen and oxygen atoms in total. The highest BCUT2D eigenvalue weighted by atomic mass is 19.4. The van der Waals surface area contributed by atoms with Crippen molar-refractivity contribution in [2.75, 3.05) is 20.6 Å². The smallest absolute Gasteiger partial charge is 0.384 e. The topological polar surface area (TPSA) is 281 Å². The molecule has 3 amide bonds. The summed E-state index contributed by atoms with van der Waals surface area (Å²) in [6, 6.07) is -1.66. The Hall–Kier alpha value is -2.45. The Morgan fingerprint density at radius 1 is 0.586 bits per heavy atom.